The fraction of sp³-hybridized carbons (Fsp3) is 0.769. The Morgan fingerprint density at radius 3 is 2.93 bits per heavy atom. The molecule has 2 aliphatic carbocycles. The van der Waals surface area contributed by atoms with Crippen molar-refractivity contribution < 1.29 is 4.79 Å². The third kappa shape index (κ3) is 1.53. The Morgan fingerprint density at radius 1 is 1.43 bits per heavy atom. The molecule has 2 atom stereocenters. The van der Waals surface area contributed by atoms with Crippen LogP contribution in [0.3, 0.4) is 0 Å². The monoisotopic (exact) mass is 192 g/mol. The van der Waals surface area contributed by atoms with Crippen LogP contribution >= 0.6 is 0 Å². The van der Waals surface area contributed by atoms with E-state index < -0.39 is 0 Å². The van der Waals surface area contributed by atoms with Crippen LogP contribution in [-0.2, 0) is 4.79 Å². The summed E-state index contributed by atoms with van der Waals surface area (Å²) >= 11 is 0. The predicted octanol–water partition coefficient (Wildman–Crippen LogP) is 3.49. The predicted molar refractivity (Wildman–Crippen MR) is 58.1 cm³/mol. The lowest BCUT2D eigenvalue weighted by atomic mass is 9.62. The van der Waals surface area contributed by atoms with Gasteiger partial charge in [-0.2, -0.15) is 0 Å². The molecule has 0 radical (unpaired) electrons. The van der Waals surface area contributed by atoms with Crippen LogP contribution in [0.2, 0.25) is 0 Å². The molecule has 0 N–H and O–H groups in total. The first-order chi connectivity index (χ1) is 6.64. The van der Waals surface area contributed by atoms with Gasteiger partial charge in [-0.05, 0) is 39.0 Å². The standard InChI is InChI=1S/C13H20O/c1-10-5-3-7-13(9-10)8-4-6-11(2)12(13)14/h5,11H,3-4,6-9H2,1-2H3. The van der Waals surface area contributed by atoms with Gasteiger partial charge in [-0.25, -0.2) is 0 Å². The largest absolute Gasteiger partial charge is 0.299 e. The van der Waals surface area contributed by atoms with Gasteiger partial charge < -0.3 is 0 Å². The Morgan fingerprint density at radius 2 is 2.21 bits per heavy atom. The summed E-state index contributed by atoms with van der Waals surface area (Å²) in [5.74, 6) is 0.867. The second kappa shape index (κ2) is 3.52. The molecule has 2 aliphatic rings. The summed E-state index contributed by atoms with van der Waals surface area (Å²) in [7, 11) is 0. The normalized spacial score (nSPS) is 38.6. The van der Waals surface area contributed by atoms with Crippen LogP contribution in [0.25, 0.3) is 0 Å². The Balaban J connectivity index is 2.22. The molecule has 2 rings (SSSR count). The Labute approximate surface area is 86.6 Å². The summed E-state index contributed by atoms with van der Waals surface area (Å²) < 4.78 is 0. The molecule has 0 saturated heterocycles. The number of ketones is 1. The maximum Gasteiger partial charge on any atom is 0.142 e. The molecule has 0 bridgehead atoms. The van der Waals surface area contributed by atoms with E-state index in [1.807, 2.05) is 0 Å². The highest BCUT2D eigenvalue weighted by Gasteiger charge is 2.43. The zero-order valence-corrected chi connectivity index (χ0v) is 9.31. The highest BCUT2D eigenvalue weighted by atomic mass is 16.1. The minimum absolute atomic E-state index is 0.0521. The van der Waals surface area contributed by atoms with Gasteiger partial charge in [-0.1, -0.05) is 25.0 Å². The Kier molecular flexibility index (Phi) is 2.50. The molecule has 78 valence electrons. The maximum absolute atomic E-state index is 12.2. The van der Waals surface area contributed by atoms with Gasteiger partial charge >= 0.3 is 0 Å². The molecule has 0 aromatic rings. The Hall–Kier alpha value is -0.590. The molecule has 1 heteroatoms. The molecule has 0 amide bonds. The van der Waals surface area contributed by atoms with Gasteiger partial charge in [0.15, 0.2) is 0 Å². The van der Waals surface area contributed by atoms with Gasteiger partial charge in [-0.3, -0.25) is 4.79 Å². The number of hydrogen-bond acceptors (Lipinski definition) is 1. The van der Waals surface area contributed by atoms with Crippen LogP contribution in [0.15, 0.2) is 11.6 Å². The third-order valence-electron chi connectivity index (χ3n) is 4.00. The van der Waals surface area contributed by atoms with E-state index in [-0.39, 0.29) is 5.41 Å². The van der Waals surface area contributed by atoms with E-state index in [1.165, 1.54) is 12.0 Å². The molecule has 0 aromatic heterocycles. The molecular formula is C13H20O. The van der Waals surface area contributed by atoms with Gasteiger partial charge in [-0.15, -0.1) is 0 Å². The zero-order valence-electron chi connectivity index (χ0n) is 9.31. The summed E-state index contributed by atoms with van der Waals surface area (Å²) in [4.78, 5) is 12.2. The lowest BCUT2D eigenvalue weighted by Crippen LogP contribution is -2.40. The quantitative estimate of drug-likeness (QED) is 0.537. The smallest absolute Gasteiger partial charge is 0.142 e. The van der Waals surface area contributed by atoms with E-state index in [9.17, 15) is 4.79 Å². The SMILES string of the molecule is CC1=CCCC2(CCCC(C)C2=O)C1. The van der Waals surface area contributed by atoms with E-state index >= 15 is 0 Å². The molecule has 0 aromatic carbocycles. The lowest BCUT2D eigenvalue weighted by Gasteiger charge is -2.40. The van der Waals surface area contributed by atoms with Crippen molar-refractivity contribution in [3.8, 4) is 0 Å². The molecule has 1 spiro atoms. The third-order valence-corrected chi connectivity index (χ3v) is 4.00. The van der Waals surface area contributed by atoms with E-state index in [1.54, 1.807) is 0 Å². The number of Topliss-reactive ketones (excluding diaryl/α,β-unsaturated/α-hetero) is 1. The molecule has 1 saturated carbocycles. The molecular weight excluding hydrogens is 172 g/mol. The van der Waals surface area contributed by atoms with Crippen molar-refractivity contribution in [2.24, 2.45) is 11.3 Å². The van der Waals surface area contributed by atoms with E-state index in [2.05, 4.69) is 19.9 Å². The number of allylic oxidation sites excluding steroid dienone is 2. The average Bonchev–Trinajstić information content (AvgIpc) is 2.14. The van der Waals surface area contributed by atoms with Crippen molar-refractivity contribution in [3.63, 3.8) is 0 Å². The van der Waals surface area contributed by atoms with Gasteiger partial charge in [0.1, 0.15) is 5.78 Å². The first-order valence-corrected chi connectivity index (χ1v) is 5.84. The van der Waals surface area contributed by atoms with Crippen molar-refractivity contribution in [2.45, 2.75) is 52.4 Å². The summed E-state index contributed by atoms with van der Waals surface area (Å²) in [6.45, 7) is 4.28. The van der Waals surface area contributed by atoms with Crippen molar-refractivity contribution in [1.82, 2.24) is 0 Å². The number of hydrogen-bond donors (Lipinski definition) is 0. The number of carbonyl (C=O) groups is 1. The maximum atomic E-state index is 12.2. The average molecular weight is 192 g/mol. The van der Waals surface area contributed by atoms with Crippen LogP contribution < -0.4 is 0 Å². The number of carbonyl (C=O) groups excluding carboxylic acids is 1. The second-order valence-electron chi connectivity index (χ2n) is 5.20. The van der Waals surface area contributed by atoms with Gasteiger partial charge in [0.05, 0.1) is 0 Å². The van der Waals surface area contributed by atoms with Crippen molar-refractivity contribution in [3.05, 3.63) is 11.6 Å². The Bertz CT molecular complexity index is 277. The molecule has 0 heterocycles. The van der Waals surface area contributed by atoms with Crippen molar-refractivity contribution in [1.29, 1.82) is 0 Å². The van der Waals surface area contributed by atoms with E-state index in [4.69, 9.17) is 0 Å². The van der Waals surface area contributed by atoms with Gasteiger partial charge in [0.25, 0.3) is 0 Å². The minimum atomic E-state index is 0.0521. The van der Waals surface area contributed by atoms with Crippen LogP contribution in [0.4, 0.5) is 0 Å². The number of rotatable bonds is 0. The van der Waals surface area contributed by atoms with Crippen LogP contribution in [0.1, 0.15) is 52.4 Å². The van der Waals surface area contributed by atoms with E-state index in [0.717, 1.165) is 32.1 Å². The molecule has 2 unspecified atom stereocenters. The molecule has 14 heavy (non-hydrogen) atoms. The fourth-order valence-corrected chi connectivity index (χ4v) is 3.24. The minimum Gasteiger partial charge on any atom is -0.299 e. The summed E-state index contributed by atoms with van der Waals surface area (Å²) in [6.07, 6.45) is 9.07. The van der Waals surface area contributed by atoms with Gasteiger partial charge in [0, 0.05) is 11.3 Å². The fourth-order valence-electron chi connectivity index (χ4n) is 3.24. The first kappa shape index (κ1) is 9.95. The van der Waals surface area contributed by atoms with Crippen LogP contribution in [0, 0.1) is 11.3 Å². The first-order valence-electron chi connectivity index (χ1n) is 5.84. The van der Waals surface area contributed by atoms with Crippen LogP contribution in [0.5, 0.6) is 0 Å². The zero-order chi connectivity index (χ0) is 10.2. The van der Waals surface area contributed by atoms with Crippen LogP contribution in [-0.4, -0.2) is 5.78 Å². The lowest BCUT2D eigenvalue weighted by molar-refractivity contribution is -0.136. The highest BCUT2D eigenvalue weighted by molar-refractivity contribution is 5.87. The summed E-state index contributed by atoms with van der Waals surface area (Å²) in [5.41, 5.74) is 1.48. The topological polar surface area (TPSA) is 17.1 Å². The van der Waals surface area contributed by atoms with Gasteiger partial charge in [0.2, 0.25) is 0 Å². The van der Waals surface area contributed by atoms with Crippen molar-refractivity contribution >= 4 is 5.78 Å². The van der Waals surface area contributed by atoms with Crippen molar-refractivity contribution in [2.75, 3.05) is 0 Å². The molecule has 0 aliphatic heterocycles. The highest BCUT2D eigenvalue weighted by Crippen LogP contribution is 2.46. The molecule has 1 nitrogen and oxygen atoms in total. The second-order valence-corrected chi connectivity index (χ2v) is 5.20. The molecule has 1 fully saturated rings. The summed E-state index contributed by atoms with van der Waals surface area (Å²) in [5, 5.41) is 0. The van der Waals surface area contributed by atoms with E-state index in [0.29, 0.717) is 11.7 Å². The summed E-state index contributed by atoms with van der Waals surface area (Å²) in [6, 6.07) is 0.